The Morgan fingerprint density at radius 2 is 1.85 bits per heavy atom. The van der Waals surface area contributed by atoms with Gasteiger partial charge in [-0.25, -0.2) is 5.43 Å². The van der Waals surface area contributed by atoms with Gasteiger partial charge in [0, 0.05) is 16.6 Å². The number of halogens is 1. The number of rotatable bonds is 5. The van der Waals surface area contributed by atoms with Gasteiger partial charge in [0.15, 0.2) is 11.5 Å². The Morgan fingerprint density at radius 1 is 1.12 bits per heavy atom. The highest BCUT2D eigenvalue weighted by Crippen LogP contribution is 2.36. The number of carbonyl (C=O) groups is 2. The quantitative estimate of drug-likeness (QED) is 0.442. The fourth-order valence-corrected chi connectivity index (χ4v) is 2.71. The van der Waals surface area contributed by atoms with Gasteiger partial charge in [-0.05, 0) is 40.0 Å². The van der Waals surface area contributed by atoms with Crippen molar-refractivity contribution in [2.24, 2.45) is 5.10 Å². The summed E-state index contributed by atoms with van der Waals surface area (Å²) in [5.41, 5.74) is 3.96. The summed E-state index contributed by atoms with van der Waals surface area (Å²) >= 11 is 3.38. The van der Waals surface area contributed by atoms with Gasteiger partial charge in [0.2, 0.25) is 6.79 Å². The van der Waals surface area contributed by atoms with Gasteiger partial charge in [-0.3, -0.25) is 9.59 Å². The zero-order valence-corrected chi connectivity index (χ0v) is 15.3. The Balaban J connectivity index is 1.47. The maximum Gasteiger partial charge on any atom is 0.329 e. The number of fused-ring (bicyclic) bond motifs is 1. The Labute approximate surface area is 158 Å². The molecule has 0 bridgehead atoms. The molecule has 1 heterocycles. The van der Waals surface area contributed by atoms with Gasteiger partial charge < -0.3 is 14.8 Å². The van der Waals surface area contributed by atoms with Crippen LogP contribution in [-0.4, -0.2) is 31.4 Å². The van der Waals surface area contributed by atoms with E-state index in [1.165, 1.54) is 6.21 Å². The number of benzene rings is 2. The van der Waals surface area contributed by atoms with E-state index in [1.54, 1.807) is 12.1 Å². The van der Waals surface area contributed by atoms with E-state index in [9.17, 15) is 9.59 Å². The van der Waals surface area contributed by atoms with E-state index in [2.05, 4.69) is 31.8 Å². The van der Waals surface area contributed by atoms with Crippen molar-refractivity contribution in [1.82, 2.24) is 10.7 Å². The van der Waals surface area contributed by atoms with Crippen molar-refractivity contribution < 1.29 is 19.1 Å². The van der Waals surface area contributed by atoms with Crippen molar-refractivity contribution in [3.63, 3.8) is 0 Å². The minimum absolute atomic E-state index is 0.169. The number of amides is 2. The lowest BCUT2D eigenvalue weighted by Gasteiger charge is -2.04. The minimum Gasteiger partial charge on any atom is -0.454 e. The molecular weight excluding hydrogens is 402 g/mol. The third-order valence-electron chi connectivity index (χ3n) is 3.61. The second-order valence-corrected chi connectivity index (χ2v) is 6.27. The molecule has 0 aliphatic carbocycles. The molecule has 26 heavy (non-hydrogen) atoms. The molecule has 2 amide bonds. The molecule has 0 fully saturated rings. The monoisotopic (exact) mass is 417 g/mol. The van der Waals surface area contributed by atoms with Crippen molar-refractivity contribution in [2.45, 2.75) is 6.42 Å². The highest BCUT2D eigenvalue weighted by Gasteiger charge is 2.16. The molecule has 7 nitrogen and oxygen atoms in total. The smallest absolute Gasteiger partial charge is 0.329 e. The number of hydrogen-bond acceptors (Lipinski definition) is 5. The molecule has 0 spiro atoms. The predicted molar refractivity (Wildman–Crippen MR) is 99.2 cm³/mol. The first-order valence-electron chi connectivity index (χ1n) is 7.88. The fourth-order valence-electron chi connectivity index (χ4n) is 2.29. The standard InChI is InChI=1S/C18H16BrN3O4/c19-14-9-16-15(25-11-26-16)8-13(14)10-21-22-18(24)17(23)20-7-6-12-4-2-1-3-5-12/h1-5,8-10H,6-7,11H2,(H,20,23)(H,22,24). The van der Waals surface area contributed by atoms with Gasteiger partial charge in [-0.15, -0.1) is 0 Å². The van der Waals surface area contributed by atoms with Crippen LogP contribution in [0.2, 0.25) is 0 Å². The maximum absolute atomic E-state index is 11.8. The lowest BCUT2D eigenvalue weighted by atomic mass is 10.1. The first-order valence-corrected chi connectivity index (χ1v) is 8.67. The van der Waals surface area contributed by atoms with Gasteiger partial charge in [0.1, 0.15) is 0 Å². The Bertz CT molecular complexity index is 840. The molecule has 0 atom stereocenters. The van der Waals surface area contributed by atoms with E-state index in [-0.39, 0.29) is 6.79 Å². The zero-order valence-electron chi connectivity index (χ0n) is 13.7. The highest BCUT2D eigenvalue weighted by atomic mass is 79.9. The largest absolute Gasteiger partial charge is 0.454 e. The number of ether oxygens (including phenoxy) is 2. The van der Waals surface area contributed by atoms with Crippen LogP contribution in [0.4, 0.5) is 0 Å². The van der Waals surface area contributed by atoms with Gasteiger partial charge >= 0.3 is 11.8 Å². The molecule has 3 rings (SSSR count). The normalized spacial score (nSPS) is 12.2. The summed E-state index contributed by atoms with van der Waals surface area (Å²) in [6, 6.07) is 13.2. The van der Waals surface area contributed by atoms with Gasteiger partial charge in [0.25, 0.3) is 0 Å². The van der Waals surface area contributed by atoms with Gasteiger partial charge in [0.05, 0.1) is 6.21 Å². The van der Waals surface area contributed by atoms with Crippen LogP contribution in [0.3, 0.4) is 0 Å². The first kappa shape index (κ1) is 17.9. The molecule has 1 aliphatic rings. The summed E-state index contributed by atoms with van der Waals surface area (Å²) in [6.45, 7) is 0.538. The topological polar surface area (TPSA) is 89.0 Å². The van der Waals surface area contributed by atoms with Crippen LogP contribution in [0.5, 0.6) is 11.5 Å². The summed E-state index contributed by atoms with van der Waals surface area (Å²) in [5.74, 6) is -0.329. The van der Waals surface area contributed by atoms with Crippen molar-refractivity contribution in [3.8, 4) is 11.5 Å². The second-order valence-electron chi connectivity index (χ2n) is 5.42. The molecule has 0 saturated carbocycles. The molecule has 0 radical (unpaired) electrons. The Kier molecular flexibility index (Phi) is 5.85. The molecule has 2 N–H and O–H groups in total. The van der Waals surface area contributed by atoms with Crippen LogP contribution in [-0.2, 0) is 16.0 Å². The molecule has 0 aromatic heterocycles. The molecule has 1 aliphatic heterocycles. The summed E-state index contributed by atoms with van der Waals surface area (Å²) in [6.07, 6.45) is 2.06. The van der Waals surface area contributed by atoms with E-state index in [4.69, 9.17) is 9.47 Å². The van der Waals surface area contributed by atoms with E-state index in [1.807, 2.05) is 30.3 Å². The summed E-state index contributed by atoms with van der Waals surface area (Å²) in [7, 11) is 0. The Morgan fingerprint density at radius 3 is 2.62 bits per heavy atom. The summed E-state index contributed by atoms with van der Waals surface area (Å²) in [4.78, 5) is 23.5. The van der Waals surface area contributed by atoms with Crippen LogP contribution in [0.15, 0.2) is 52.0 Å². The minimum atomic E-state index is -0.828. The molecule has 2 aromatic carbocycles. The number of nitrogens with zero attached hydrogens (tertiary/aromatic N) is 1. The van der Waals surface area contributed by atoms with Gasteiger partial charge in [-0.1, -0.05) is 30.3 Å². The lowest BCUT2D eigenvalue weighted by Crippen LogP contribution is -2.38. The van der Waals surface area contributed by atoms with Crippen LogP contribution in [0.1, 0.15) is 11.1 Å². The second kappa shape index (κ2) is 8.48. The molecule has 8 heteroatoms. The van der Waals surface area contributed by atoms with Crippen molar-refractivity contribution in [3.05, 3.63) is 58.1 Å². The van der Waals surface area contributed by atoms with E-state index < -0.39 is 11.8 Å². The maximum atomic E-state index is 11.8. The van der Waals surface area contributed by atoms with Gasteiger partial charge in [-0.2, -0.15) is 5.10 Å². The van der Waals surface area contributed by atoms with Crippen molar-refractivity contribution in [1.29, 1.82) is 0 Å². The average molecular weight is 418 g/mol. The average Bonchev–Trinajstić information content (AvgIpc) is 3.09. The highest BCUT2D eigenvalue weighted by molar-refractivity contribution is 9.10. The summed E-state index contributed by atoms with van der Waals surface area (Å²) in [5, 5.41) is 6.36. The number of carbonyl (C=O) groups excluding carboxylic acids is 2. The molecule has 134 valence electrons. The summed E-state index contributed by atoms with van der Waals surface area (Å²) < 4.78 is 11.3. The van der Waals surface area contributed by atoms with E-state index in [0.717, 1.165) is 10.0 Å². The number of hydrogen-bond donors (Lipinski definition) is 2. The fraction of sp³-hybridized carbons (Fsp3) is 0.167. The lowest BCUT2D eigenvalue weighted by molar-refractivity contribution is -0.139. The van der Waals surface area contributed by atoms with Crippen LogP contribution in [0.25, 0.3) is 0 Å². The van der Waals surface area contributed by atoms with Crippen LogP contribution >= 0.6 is 15.9 Å². The molecule has 2 aromatic rings. The number of hydrazone groups is 1. The van der Waals surface area contributed by atoms with E-state index in [0.29, 0.717) is 30.0 Å². The Hall–Kier alpha value is -2.87. The van der Waals surface area contributed by atoms with Crippen LogP contribution < -0.4 is 20.2 Å². The predicted octanol–water partition coefficient (Wildman–Crippen LogP) is 1.99. The van der Waals surface area contributed by atoms with E-state index >= 15 is 0 Å². The zero-order chi connectivity index (χ0) is 18.4. The third kappa shape index (κ3) is 4.60. The number of nitrogens with one attached hydrogen (secondary N) is 2. The SMILES string of the molecule is O=C(NCCc1ccccc1)C(=O)NN=Cc1cc2c(cc1Br)OCO2. The van der Waals surface area contributed by atoms with Crippen LogP contribution in [0, 0.1) is 0 Å². The molecular formula is C18H16BrN3O4. The third-order valence-corrected chi connectivity index (χ3v) is 4.30. The molecule has 0 unspecified atom stereocenters. The van der Waals surface area contributed by atoms with Crippen molar-refractivity contribution >= 4 is 34.0 Å². The first-order chi connectivity index (χ1) is 12.6. The van der Waals surface area contributed by atoms with Crippen molar-refractivity contribution in [2.75, 3.05) is 13.3 Å². The molecule has 0 saturated heterocycles.